The van der Waals surface area contributed by atoms with Gasteiger partial charge >= 0.3 is 0 Å². The Morgan fingerprint density at radius 1 is 1.29 bits per heavy atom. The quantitative estimate of drug-likeness (QED) is 0.886. The van der Waals surface area contributed by atoms with Crippen molar-refractivity contribution in [2.24, 2.45) is 0 Å². The number of aliphatic hydroxyl groups excluding tert-OH is 1. The Balaban J connectivity index is 1.74. The van der Waals surface area contributed by atoms with Crippen LogP contribution in [0.5, 0.6) is 0 Å². The van der Waals surface area contributed by atoms with Gasteiger partial charge in [-0.1, -0.05) is 37.3 Å². The number of aromatic nitrogens is 1. The van der Waals surface area contributed by atoms with Gasteiger partial charge in [0.15, 0.2) is 0 Å². The molecule has 0 amide bonds. The summed E-state index contributed by atoms with van der Waals surface area (Å²) in [5.74, 6) is 0.567. The van der Waals surface area contributed by atoms with Crippen LogP contribution in [-0.2, 0) is 13.0 Å². The number of benzene rings is 1. The van der Waals surface area contributed by atoms with Gasteiger partial charge in [0.25, 0.3) is 0 Å². The number of hydrogen-bond donors (Lipinski definition) is 1. The molecule has 3 rings (SSSR count). The average molecular weight is 283 g/mol. The molecular weight excluding hydrogens is 258 g/mol. The van der Waals surface area contributed by atoms with Crippen molar-refractivity contribution < 1.29 is 5.11 Å². The molecule has 2 heteroatoms. The van der Waals surface area contributed by atoms with E-state index in [0.717, 1.165) is 32.2 Å². The molecule has 2 aromatic rings. The maximum Gasteiger partial charge on any atom is 0.0807 e. The van der Waals surface area contributed by atoms with Gasteiger partial charge in [0.2, 0.25) is 0 Å². The summed E-state index contributed by atoms with van der Waals surface area (Å²) in [6.07, 6.45) is 4.02. The normalized spacial score (nSPS) is 19.3. The highest BCUT2D eigenvalue weighted by Gasteiger charge is 2.23. The number of nitrogens with zero attached hydrogens (tertiary/aromatic N) is 1. The minimum absolute atomic E-state index is 0.250. The van der Waals surface area contributed by atoms with Gasteiger partial charge in [-0.25, -0.2) is 0 Å². The highest BCUT2D eigenvalue weighted by Crippen LogP contribution is 2.33. The Labute approximate surface area is 127 Å². The fourth-order valence-corrected chi connectivity index (χ4v) is 3.52. The predicted octanol–water partition coefficient (Wildman–Crippen LogP) is 4.36. The van der Waals surface area contributed by atoms with E-state index in [1.165, 1.54) is 22.5 Å². The molecule has 1 aromatic heterocycles. The van der Waals surface area contributed by atoms with Gasteiger partial charge in [-0.15, -0.1) is 0 Å². The standard InChI is InChI=1S/C19H25NO/c1-14(16-7-4-3-5-8-16)11-12-20-15(2)13-17-18(20)9-6-10-19(17)21/h3-5,7-8,13-14,19,21H,6,9-12H2,1-2H3. The number of hydrogen-bond acceptors (Lipinski definition) is 1. The van der Waals surface area contributed by atoms with Gasteiger partial charge in [-0.2, -0.15) is 0 Å². The summed E-state index contributed by atoms with van der Waals surface area (Å²) in [5, 5.41) is 10.1. The second-order valence-corrected chi connectivity index (χ2v) is 6.35. The summed E-state index contributed by atoms with van der Waals surface area (Å²) in [6, 6.07) is 12.9. The van der Waals surface area contributed by atoms with Crippen LogP contribution >= 0.6 is 0 Å². The van der Waals surface area contributed by atoms with E-state index in [1.807, 2.05) is 0 Å². The SMILES string of the molecule is Cc1cc2c(n1CCC(C)c1ccccc1)CCCC2O. The lowest BCUT2D eigenvalue weighted by Gasteiger charge is -2.21. The molecule has 1 N–H and O–H groups in total. The average Bonchev–Trinajstić information content (AvgIpc) is 2.83. The molecule has 2 atom stereocenters. The van der Waals surface area contributed by atoms with Crippen LogP contribution in [-0.4, -0.2) is 9.67 Å². The molecule has 21 heavy (non-hydrogen) atoms. The molecule has 0 fully saturated rings. The fourth-order valence-electron chi connectivity index (χ4n) is 3.52. The van der Waals surface area contributed by atoms with Gasteiger partial charge in [0, 0.05) is 23.5 Å². The molecule has 0 saturated heterocycles. The van der Waals surface area contributed by atoms with E-state index in [0.29, 0.717) is 5.92 Å². The van der Waals surface area contributed by atoms with E-state index in [9.17, 15) is 5.11 Å². The minimum Gasteiger partial charge on any atom is -0.388 e. The van der Waals surface area contributed by atoms with Gasteiger partial charge < -0.3 is 9.67 Å². The molecule has 0 spiro atoms. The summed E-state index contributed by atoms with van der Waals surface area (Å²) in [4.78, 5) is 0. The van der Waals surface area contributed by atoms with Crippen LogP contribution in [0.1, 0.15) is 60.7 Å². The molecule has 2 unspecified atom stereocenters. The Bertz CT molecular complexity index is 600. The summed E-state index contributed by atoms with van der Waals surface area (Å²) in [5.41, 5.74) is 5.25. The van der Waals surface area contributed by atoms with Crippen molar-refractivity contribution in [3.63, 3.8) is 0 Å². The van der Waals surface area contributed by atoms with Crippen LogP contribution in [0.4, 0.5) is 0 Å². The van der Waals surface area contributed by atoms with E-state index < -0.39 is 0 Å². The molecular formula is C19H25NO. The number of rotatable bonds is 4. The highest BCUT2D eigenvalue weighted by molar-refractivity contribution is 5.31. The van der Waals surface area contributed by atoms with E-state index in [1.54, 1.807) is 0 Å². The highest BCUT2D eigenvalue weighted by atomic mass is 16.3. The molecule has 0 aliphatic heterocycles. The molecule has 1 aliphatic rings. The summed E-state index contributed by atoms with van der Waals surface area (Å²) in [7, 11) is 0. The Hall–Kier alpha value is -1.54. The molecule has 112 valence electrons. The van der Waals surface area contributed by atoms with Crippen LogP contribution in [0.25, 0.3) is 0 Å². The van der Waals surface area contributed by atoms with Crippen LogP contribution < -0.4 is 0 Å². The monoisotopic (exact) mass is 283 g/mol. The van der Waals surface area contributed by atoms with Crippen molar-refractivity contribution in [2.45, 2.75) is 58.1 Å². The summed E-state index contributed by atoms with van der Waals surface area (Å²) >= 11 is 0. The lowest BCUT2D eigenvalue weighted by atomic mass is 9.95. The largest absolute Gasteiger partial charge is 0.388 e. The van der Waals surface area contributed by atoms with Crippen LogP contribution in [0, 0.1) is 6.92 Å². The Kier molecular flexibility index (Phi) is 4.16. The topological polar surface area (TPSA) is 25.2 Å². The van der Waals surface area contributed by atoms with Crippen molar-refractivity contribution >= 4 is 0 Å². The minimum atomic E-state index is -0.250. The maximum absolute atomic E-state index is 10.1. The zero-order valence-corrected chi connectivity index (χ0v) is 13.0. The van der Waals surface area contributed by atoms with Gasteiger partial charge in [-0.05, 0) is 50.2 Å². The Morgan fingerprint density at radius 3 is 2.81 bits per heavy atom. The third-order valence-electron chi connectivity index (χ3n) is 4.85. The molecule has 0 saturated carbocycles. The zero-order valence-electron chi connectivity index (χ0n) is 13.0. The van der Waals surface area contributed by atoms with Gasteiger partial charge in [0.1, 0.15) is 0 Å². The number of aryl methyl sites for hydroxylation is 1. The van der Waals surface area contributed by atoms with E-state index in [2.05, 4.69) is 54.8 Å². The van der Waals surface area contributed by atoms with Gasteiger partial charge in [-0.3, -0.25) is 0 Å². The number of aliphatic hydroxyl groups is 1. The molecule has 0 radical (unpaired) electrons. The third-order valence-corrected chi connectivity index (χ3v) is 4.85. The van der Waals surface area contributed by atoms with E-state index in [-0.39, 0.29) is 6.10 Å². The third kappa shape index (κ3) is 2.91. The summed E-state index contributed by atoms with van der Waals surface area (Å²) < 4.78 is 2.43. The smallest absolute Gasteiger partial charge is 0.0807 e. The first kappa shape index (κ1) is 14.4. The van der Waals surface area contributed by atoms with Crippen LogP contribution in [0.2, 0.25) is 0 Å². The molecule has 1 heterocycles. The lowest BCUT2D eigenvalue weighted by Crippen LogP contribution is -2.13. The first-order valence-electron chi connectivity index (χ1n) is 8.08. The summed E-state index contributed by atoms with van der Waals surface area (Å²) in [6.45, 7) is 5.51. The molecule has 0 bridgehead atoms. The van der Waals surface area contributed by atoms with Gasteiger partial charge in [0.05, 0.1) is 6.10 Å². The first-order valence-corrected chi connectivity index (χ1v) is 8.08. The lowest BCUT2D eigenvalue weighted by molar-refractivity contribution is 0.155. The molecule has 1 aliphatic carbocycles. The predicted molar refractivity (Wildman–Crippen MR) is 86.5 cm³/mol. The first-order chi connectivity index (χ1) is 10.2. The second kappa shape index (κ2) is 6.07. The fraction of sp³-hybridized carbons (Fsp3) is 0.474. The maximum atomic E-state index is 10.1. The van der Waals surface area contributed by atoms with E-state index >= 15 is 0 Å². The zero-order chi connectivity index (χ0) is 14.8. The van der Waals surface area contributed by atoms with E-state index in [4.69, 9.17) is 0 Å². The van der Waals surface area contributed by atoms with Crippen LogP contribution in [0.3, 0.4) is 0 Å². The molecule has 1 aromatic carbocycles. The Morgan fingerprint density at radius 2 is 2.05 bits per heavy atom. The second-order valence-electron chi connectivity index (χ2n) is 6.35. The molecule has 2 nitrogen and oxygen atoms in total. The van der Waals surface area contributed by atoms with Crippen molar-refractivity contribution in [3.8, 4) is 0 Å². The van der Waals surface area contributed by atoms with Crippen LogP contribution in [0.15, 0.2) is 36.4 Å². The van der Waals surface area contributed by atoms with Crippen molar-refractivity contribution in [1.29, 1.82) is 0 Å². The van der Waals surface area contributed by atoms with Crippen molar-refractivity contribution in [1.82, 2.24) is 4.57 Å². The number of fused-ring (bicyclic) bond motifs is 1. The van der Waals surface area contributed by atoms with Crippen molar-refractivity contribution in [3.05, 3.63) is 58.9 Å². The van der Waals surface area contributed by atoms with Crippen molar-refractivity contribution in [2.75, 3.05) is 0 Å².